The number of benzene rings is 1. The lowest BCUT2D eigenvalue weighted by Gasteiger charge is -2.26. The van der Waals surface area contributed by atoms with Crippen molar-refractivity contribution in [2.75, 3.05) is 13.6 Å². The van der Waals surface area contributed by atoms with Gasteiger partial charge in [-0.05, 0) is 37.5 Å². The summed E-state index contributed by atoms with van der Waals surface area (Å²) in [6, 6.07) is 6.91. The van der Waals surface area contributed by atoms with Crippen LogP contribution in [0, 0.1) is 5.41 Å². The predicted molar refractivity (Wildman–Crippen MR) is 80.3 cm³/mol. The molecule has 1 unspecified atom stereocenters. The van der Waals surface area contributed by atoms with Crippen molar-refractivity contribution in [1.29, 1.82) is 0 Å². The number of nitrogens with zero attached hydrogens (tertiary/aromatic N) is 1. The second-order valence-electron chi connectivity index (χ2n) is 5.58. The molecule has 21 heavy (non-hydrogen) atoms. The maximum absolute atomic E-state index is 12.1. The molecule has 0 bridgehead atoms. The van der Waals surface area contributed by atoms with Crippen molar-refractivity contribution < 1.29 is 14.7 Å². The van der Waals surface area contributed by atoms with E-state index in [4.69, 9.17) is 16.7 Å². The molecule has 0 radical (unpaired) electrons. The number of carbonyl (C=O) groups excluding carboxylic acids is 1. The van der Waals surface area contributed by atoms with Crippen LogP contribution in [0.4, 0.5) is 4.79 Å². The maximum atomic E-state index is 12.1. The van der Waals surface area contributed by atoms with Crippen molar-refractivity contribution in [3.05, 3.63) is 34.9 Å². The Balaban J connectivity index is 1.92. The standard InChI is InChI=1S/C15H19ClN2O3/c1-10(11-3-5-12(16)6-4-11)18(2)14(21)17-9-15(7-8-15)13(19)20/h3-6,10H,7-9H2,1-2H3,(H,17,21)(H,19,20). The van der Waals surface area contributed by atoms with Gasteiger partial charge in [0.25, 0.3) is 0 Å². The number of amides is 2. The Morgan fingerprint density at radius 2 is 1.95 bits per heavy atom. The van der Waals surface area contributed by atoms with Gasteiger partial charge in [-0.2, -0.15) is 0 Å². The molecule has 2 rings (SSSR count). The third-order valence-corrected chi connectivity index (χ3v) is 4.39. The molecular formula is C15H19ClN2O3. The van der Waals surface area contributed by atoms with E-state index in [9.17, 15) is 9.59 Å². The molecule has 0 heterocycles. The molecule has 1 aromatic rings. The van der Waals surface area contributed by atoms with Crippen molar-refractivity contribution in [1.82, 2.24) is 10.2 Å². The van der Waals surface area contributed by atoms with E-state index in [-0.39, 0.29) is 18.6 Å². The average Bonchev–Trinajstić information content (AvgIpc) is 3.25. The largest absolute Gasteiger partial charge is 0.481 e. The topological polar surface area (TPSA) is 69.6 Å². The molecule has 2 amide bonds. The van der Waals surface area contributed by atoms with Crippen LogP contribution in [0.15, 0.2) is 24.3 Å². The molecule has 0 spiro atoms. The Hall–Kier alpha value is -1.75. The SMILES string of the molecule is CC(c1ccc(Cl)cc1)N(C)C(=O)NCC1(C(=O)O)CC1. The van der Waals surface area contributed by atoms with E-state index in [1.54, 1.807) is 24.1 Å². The van der Waals surface area contributed by atoms with Gasteiger partial charge in [-0.3, -0.25) is 4.79 Å². The summed E-state index contributed by atoms with van der Waals surface area (Å²) in [6.45, 7) is 2.09. The molecule has 114 valence electrons. The van der Waals surface area contributed by atoms with Gasteiger partial charge >= 0.3 is 12.0 Å². The third kappa shape index (κ3) is 3.47. The molecule has 0 aliphatic heterocycles. The first-order valence-electron chi connectivity index (χ1n) is 6.85. The van der Waals surface area contributed by atoms with E-state index in [0.717, 1.165) is 5.56 Å². The van der Waals surface area contributed by atoms with Gasteiger partial charge in [0, 0.05) is 18.6 Å². The summed E-state index contributed by atoms with van der Waals surface area (Å²) < 4.78 is 0. The summed E-state index contributed by atoms with van der Waals surface area (Å²) in [4.78, 5) is 24.8. The highest BCUT2D eigenvalue weighted by atomic mass is 35.5. The number of carboxylic acid groups (broad SMARTS) is 1. The van der Waals surface area contributed by atoms with Crippen molar-refractivity contribution in [2.45, 2.75) is 25.8 Å². The summed E-state index contributed by atoms with van der Waals surface area (Å²) in [5.74, 6) is -0.837. The van der Waals surface area contributed by atoms with Crippen LogP contribution in [0.3, 0.4) is 0 Å². The van der Waals surface area contributed by atoms with Crippen LogP contribution in [0.25, 0.3) is 0 Å². The van der Waals surface area contributed by atoms with Crippen LogP contribution in [-0.2, 0) is 4.79 Å². The van der Waals surface area contributed by atoms with Crippen LogP contribution in [0.5, 0.6) is 0 Å². The first-order valence-corrected chi connectivity index (χ1v) is 7.23. The minimum absolute atomic E-state index is 0.123. The highest BCUT2D eigenvalue weighted by Gasteiger charge is 2.50. The number of carbonyl (C=O) groups is 2. The van der Waals surface area contributed by atoms with Gasteiger partial charge in [-0.25, -0.2) is 4.79 Å². The molecule has 5 nitrogen and oxygen atoms in total. The summed E-state index contributed by atoms with van der Waals surface area (Å²) >= 11 is 5.85. The Bertz CT molecular complexity index is 540. The number of hydrogen-bond acceptors (Lipinski definition) is 2. The second-order valence-corrected chi connectivity index (χ2v) is 6.02. The quantitative estimate of drug-likeness (QED) is 0.878. The fourth-order valence-corrected chi connectivity index (χ4v) is 2.25. The van der Waals surface area contributed by atoms with Crippen molar-refractivity contribution in [2.24, 2.45) is 5.41 Å². The van der Waals surface area contributed by atoms with Crippen molar-refractivity contribution in [3.63, 3.8) is 0 Å². The average molecular weight is 311 g/mol. The molecular weight excluding hydrogens is 292 g/mol. The number of carboxylic acids is 1. The number of nitrogens with one attached hydrogen (secondary N) is 1. The van der Waals surface area contributed by atoms with Crippen LogP contribution < -0.4 is 5.32 Å². The van der Waals surface area contributed by atoms with Crippen LogP contribution in [0.2, 0.25) is 5.02 Å². The van der Waals surface area contributed by atoms with E-state index >= 15 is 0 Å². The van der Waals surface area contributed by atoms with E-state index in [2.05, 4.69) is 5.32 Å². The zero-order valence-electron chi connectivity index (χ0n) is 12.1. The maximum Gasteiger partial charge on any atom is 0.317 e. The first-order chi connectivity index (χ1) is 9.85. The lowest BCUT2D eigenvalue weighted by molar-refractivity contribution is -0.143. The molecule has 1 aliphatic carbocycles. The van der Waals surface area contributed by atoms with E-state index in [1.165, 1.54) is 0 Å². The first kappa shape index (κ1) is 15.6. The molecule has 0 saturated heterocycles. The molecule has 1 atom stereocenters. The third-order valence-electron chi connectivity index (χ3n) is 4.14. The number of hydrogen-bond donors (Lipinski definition) is 2. The number of urea groups is 1. The molecule has 1 saturated carbocycles. The zero-order valence-corrected chi connectivity index (χ0v) is 12.9. The van der Waals surface area contributed by atoms with Gasteiger partial charge in [0.05, 0.1) is 11.5 Å². The Labute approximate surface area is 128 Å². The molecule has 1 fully saturated rings. The smallest absolute Gasteiger partial charge is 0.317 e. The van der Waals surface area contributed by atoms with Gasteiger partial charge in [-0.1, -0.05) is 23.7 Å². The summed E-state index contributed by atoms with van der Waals surface area (Å²) in [5.41, 5.74) is 0.219. The predicted octanol–water partition coefficient (Wildman–Crippen LogP) is 2.91. The zero-order chi connectivity index (χ0) is 15.6. The minimum Gasteiger partial charge on any atom is -0.481 e. The van der Waals surface area contributed by atoms with Gasteiger partial charge < -0.3 is 15.3 Å². The molecule has 1 aromatic carbocycles. The van der Waals surface area contributed by atoms with Crippen LogP contribution in [0.1, 0.15) is 31.4 Å². The summed E-state index contributed by atoms with van der Waals surface area (Å²) in [6.07, 6.45) is 1.25. The monoisotopic (exact) mass is 310 g/mol. The Morgan fingerprint density at radius 1 is 1.38 bits per heavy atom. The summed E-state index contributed by atoms with van der Waals surface area (Å²) in [7, 11) is 1.69. The van der Waals surface area contributed by atoms with Gasteiger partial charge in [0.2, 0.25) is 0 Å². The highest BCUT2D eigenvalue weighted by molar-refractivity contribution is 6.30. The van der Waals surface area contributed by atoms with E-state index in [1.807, 2.05) is 19.1 Å². The lowest BCUT2D eigenvalue weighted by Crippen LogP contribution is -2.42. The summed E-state index contributed by atoms with van der Waals surface area (Å²) in [5, 5.41) is 12.4. The van der Waals surface area contributed by atoms with Crippen LogP contribution in [-0.4, -0.2) is 35.6 Å². The normalized spacial score (nSPS) is 16.9. The highest BCUT2D eigenvalue weighted by Crippen LogP contribution is 2.45. The number of aliphatic carboxylic acids is 1. The van der Waals surface area contributed by atoms with Crippen molar-refractivity contribution >= 4 is 23.6 Å². The van der Waals surface area contributed by atoms with E-state index < -0.39 is 11.4 Å². The number of rotatable bonds is 5. The molecule has 0 aromatic heterocycles. The fraction of sp³-hybridized carbons (Fsp3) is 0.467. The minimum atomic E-state index is -0.837. The Kier molecular flexibility index (Phi) is 4.42. The van der Waals surface area contributed by atoms with Gasteiger partial charge in [0.1, 0.15) is 0 Å². The van der Waals surface area contributed by atoms with Gasteiger partial charge in [0.15, 0.2) is 0 Å². The molecule has 6 heteroatoms. The Morgan fingerprint density at radius 3 is 2.43 bits per heavy atom. The van der Waals surface area contributed by atoms with Crippen molar-refractivity contribution in [3.8, 4) is 0 Å². The van der Waals surface area contributed by atoms with Crippen LogP contribution >= 0.6 is 11.6 Å². The fourth-order valence-electron chi connectivity index (χ4n) is 2.13. The lowest BCUT2D eigenvalue weighted by atomic mass is 10.1. The number of halogens is 1. The van der Waals surface area contributed by atoms with Gasteiger partial charge in [-0.15, -0.1) is 0 Å². The molecule has 2 N–H and O–H groups in total. The second kappa shape index (κ2) is 5.93. The molecule has 1 aliphatic rings. The van der Waals surface area contributed by atoms with E-state index in [0.29, 0.717) is 17.9 Å².